The second-order valence-corrected chi connectivity index (χ2v) is 7.77. The van der Waals surface area contributed by atoms with Crippen molar-refractivity contribution >= 4 is 29.8 Å². The van der Waals surface area contributed by atoms with E-state index in [2.05, 4.69) is 34.6 Å². The molecule has 3 aromatic rings. The van der Waals surface area contributed by atoms with Gasteiger partial charge in [-0.05, 0) is 73.5 Å². The number of amides is 2. The summed E-state index contributed by atoms with van der Waals surface area (Å²) in [6, 6.07) is 21.0. The molecule has 3 aromatic carbocycles. The number of benzene rings is 3. The summed E-state index contributed by atoms with van der Waals surface area (Å²) >= 11 is 0. The molecular formula is C28H30N4O4. The number of carbonyl (C=O) groups excluding carboxylic acids is 2. The van der Waals surface area contributed by atoms with Crippen LogP contribution in [0.3, 0.4) is 0 Å². The Bertz CT molecular complexity index is 1230. The van der Waals surface area contributed by atoms with Crippen LogP contribution in [-0.2, 0) is 4.79 Å². The zero-order chi connectivity index (χ0) is 25.9. The Morgan fingerprint density at radius 1 is 0.972 bits per heavy atom. The van der Waals surface area contributed by atoms with E-state index in [9.17, 15) is 14.7 Å². The molecule has 0 bridgehead atoms. The van der Waals surface area contributed by atoms with Crippen LogP contribution in [-0.4, -0.2) is 43.3 Å². The lowest BCUT2D eigenvalue weighted by Gasteiger charge is -2.20. The molecule has 0 aliphatic rings. The standard InChI is InChI=1S/C28H30N4O4/c1-4-32(5-2)23-14-11-20(12-15-23)17-24(30-27(34)22-9-7-6-8-10-22)28(35)31-29-19-21-13-16-25(33)26(18-21)36-3/h6-19,33H,4-5H2,1-3H3,(H,30,34)(H,31,35). The minimum atomic E-state index is -0.589. The first-order valence-electron chi connectivity index (χ1n) is 11.6. The fourth-order valence-electron chi connectivity index (χ4n) is 3.48. The van der Waals surface area contributed by atoms with Gasteiger partial charge in [-0.25, -0.2) is 5.43 Å². The third-order valence-electron chi connectivity index (χ3n) is 5.44. The number of methoxy groups -OCH3 is 1. The molecule has 8 nitrogen and oxygen atoms in total. The predicted molar refractivity (Wildman–Crippen MR) is 142 cm³/mol. The Labute approximate surface area is 210 Å². The highest BCUT2D eigenvalue weighted by atomic mass is 16.5. The number of aromatic hydroxyl groups is 1. The molecule has 0 saturated carbocycles. The SMILES string of the molecule is CCN(CC)c1ccc(C=C(NC(=O)c2ccccc2)C(=O)NN=Cc2ccc(O)c(OC)c2)cc1. The van der Waals surface area contributed by atoms with E-state index in [4.69, 9.17) is 4.74 Å². The highest BCUT2D eigenvalue weighted by molar-refractivity contribution is 6.05. The smallest absolute Gasteiger partial charge is 0.287 e. The second-order valence-electron chi connectivity index (χ2n) is 7.77. The molecule has 0 aromatic heterocycles. The van der Waals surface area contributed by atoms with Crippen molar-refractivity contribution in [2.75, 3.05) is 25.1 Å². The van der Waals surface area contributed by atoms with Gasteiger partial charge < -0.3 is 20.1 Å². The lowest BCUT2D eigenvalue weighted by Crippen LogP contribution is -2.32. The van der Waals surface area contributed by atoms with E-state index in [1.54, 1.807) is 42.5 Å². The van der Waals surface area contributed by atoms with Crippen molar-refractivity contribution in [2.24, 2.45) is 5.10 Å². The van der Waals surface area contributed by atoms with Crippen LogP contribution in [0.25, 0.3) is 6.08 Å². The minimum Gasteiger partial charge on any atom is -0.504 e. The van der Waals surface area contributed by atoms with E-state index < -0.39 is 11.8 Å². The van der Waals surface area contributed by atoms with Crippen LogP contribution in [0.2, 0.25) is 0 Å². The number of nitrogens with zero attached hydrogens (tertiary/aromatic N) is 2. The molecule has 2 amide bonds. The van der Waals surface area contributed by atoms with E-state index in [1.807, 2.05) is 30.3 Å². The topological polar surface area (TPSA) is 103 Å². The van der Waals surface area contributed by atoms with Gasteiger partial charge in [-0.15, -0.1) is 0 Å². The van der Waals surface area contributed by atoms with Gasteiger partial charge in [0.2, 0.25) is 0 Å². The van der Waals surface area contributed by atoms with Gasteiger partial charge in [-0.2, -0.15) is 5.10 Å². The van der Waals surface area contributed by atoms with E-state index in [0.29, 0.717) is 11.1 Å². The van der Waals surface area contributed by atoms with Crippen LogP contribution >= 0.6 is 0 Å². The molecular weight excluding hydrogens is 456 g/mol. The molecule has 3 rings (SSSR count). The first-order chi connectivity index (χ1) is 17.4. The van der Waals surface area contributed by atoms with Gasteiger partial charge in [0, 0.05) is 24.3 Å². The Morgan fingerprint density at radius 2 is 1.64 bits per heavy atom. The normalized spacial score (nSPS) is 11.2. The Balaban J connectivity index is 1.82. The fourth-order valence-corrected chi connectivity index (χ4v) is 3.48. The molecule has 3 N–H and O–H groups in total. The molecule has 0 saturated heterocycles. The lowest BCUT2D eigenvalue weighted by atomic mass is 10.1. The van der Waals surface area contributed by atoms with Gasteiger partial charge in [0.05, 0.1) is 13.3 Å². The number of hydrogen-bond acceptors (Lipinski definition) is 6. The maximum absolute atomic E-state index is 13.0. The third kappa shape index (κ3) is 6.96. The maximum atomic E-state index is 13.0. The molecule has 0 aliphatic heterocycles. The summed E-state index contributed by atoms with van der Waals surface area (Å²) in [6.45, 7) is 5.95. The highest BCUT2D eigenvalue weighted by Crippen LogP contribution is 2.25. The van der Waals surface area contributed by atoms with E-state index in [1.165, 1.54) is 19.4 Å². The van der Waals surface area contributed by atoms with E-state index in [-0.39, 0.29) is 17.2 Å². The van der Waals surface area contributed by atoms with E-state index >= 15 is 0 Å². The number of carbonyl (C=O) groups is 2. The van der Waals surface area contributed by atoms with Crippen LogP contribution in [0.4, 0.5) is 5.69 Å². The second kappa shape index (κ2) is 12.8. The Morgan fingerprint density at radius 3 is 2.28 bits per heavy atom. The average Bonchev–Trinajstić information content (AvgIpc) is 2.91. The number of phenols is 1. The third-order valence-corrected chi connectivity index (χ3v) is 5.44. The molecule has 36 heavy (non-hydrogen) atoms. The predicted octanol–water partition coefficient (Wildman–Crippen LogP) is 4.17. The molecule has 0 fully saturated rings. The van der Waals surface area contributed by atoms with Crippen molar-refractivity contribution in [2.45, 2.75) is 13.8 Å². The summed E-state index contributed by atoms with van der Waals surface area (Å²) in [4.78, 5) is 27.9. The summed E-state index contributed by atoms with van der Waals surface area (Å²) in [5, 5.41) is 16.4. The molecule has 0 unspecified atom stereocenters. The highest BCUT2D eigenvalue weighted by Gasteiger charge is 2.14. The summed E-state index contributed by atoms with van der Waals surface area (Å²) < 4.78 is 5.08. The zero-order valence-electron chi connectivity index (χ0n) is 20.6. The summed E-state index contributed by atoms with van der Waals surface area (Å²) in [5.74, 6) is -0.716. The fraction of sp³-hybridized carbons (Fsp3) is 0.179. The molecule has 8 heteroatoms. The van der Waals surface area contributed by atoms with Crippen molar-refractivity contribution in [3.63, 3.8) is 0 Å². The van der Waals surface area contributed by atoms with Gasteiger partial charge in [-0.3, -0.25) is 9.59 Å². The number of nitrogens with one attached hydrogen (secondary N) is 2. The summed E-state index contributed by atoms with van der Waals surface area (Å²) in [5.41, 5.74) is 5.34. The maximum Gasteiger partial charge on any atom is 0.287 e. The van der Waals surface area contributed by atoms with Gasteiger partial charge in [-0.1, -0.05) is 30.3 Å². The Hall–Kier alpha value is -4.59. The van der Waals surface area contributed by atoms with Crippen molar-refractivity contribution in [1.82, 2.24) is 10.7 Å². The summed E-state index contributed by atoms with van der Waals surface area (Å²) in [7, 11) is 1.44. The molecule has 0 aliphatic carbocycles. The van der Waals surface area contributed by atoms with Crippen molar-refractivity contribution in [3.8, 4) is 11.5 Å². The molecule has 0 heterocycles. The Kier molecular flexibility index (Phi) is 9.22. The quantitative estimate of drug-likeness (QED) is 0.227. The van der Waals surface area contributed by atoms with Crippen LogP contribution in [0.15, 0.2) is 83.6 Å². The molecule has 0 spiro atoms. The van der Waals surface area contributed by atoms with Gasteiger partial charge in [0.15, 0.2) is 11.5 Å². The first kappa shape index (κ1) is 26.0. The number of ether oxygens (including phenoxy) is 1. The minimum absolute atomic E-state index is 0.000424. The van der Waals surface area contributed by atoms with Gasteiger partial charge >= 0.3 is 0 Å². The van der Waals surface area contributed by atoms with Crippen LogP contribution in [0.1, 0.15) is 35.3 Å². The average molecular weight is 487 g/mol. The number of hydrogen-bond donors (Lipinski definition) is 3. The number of hydrazone groups is 1. The number of phenolic OH excluding ortho intramolecular Hbond substituents is 1. The molecule has 186 valence electrons. The van der Waals surface area contributed by atoms with Crippen LogP contribution in [0, 0.1) is 0 Å². The first-order valence-corrected chi connectivity index (χ1v) is 11.6. The van der Waals surface area contributed by atoms with Gasteiger partial charge in [0.25, 0.3) is 11.8 Å². The molecule has 0 atom stereocenters. The number of anilines is 1. The van der Waals surface area contributed by atoms with Gasteiger partial charge in [0.1, 0.15) is 5.70 Å². The lowest BCUT2D eigenvalue weighted by molar-refractivity contribution is -0.117. The van der Waals surface area contributed by atoms with Crippen molar-refractivity contribution in [3.05, 3.63) is 95.2 Å². The van der Waals surface area contributed by atoms with E-state index in [0.717, 1.165) is 24.3 Å². The van der Waals surface area contributed by atoms with Crippen molar-refractivity contribution < 1.29 is 19.4 Å². The van der Waals surface area contributed by atoms with Crippen molar-refractivity contribution in [1.29, 1.82) is 0 Å². The van der Waals surface area contributed by atoms with Crippen LogP contribution < -0.4 is 20.4 Å². The summed E-state index contributed by atoms with van der Waals surface area (Å²) in [6.07, 6.45) is 3.01. The zero-order valence-corrected chi connectivity index (χ0v) is 20.6. The largest absolute Gasteiger partial charge is 0.504 e. The number of rotatable bonds is 10. The molecule has 0 radical (unpaired) electrons. The van der Waals surface area contributed by atoms with Crippen LogP contribution in [0.5, 0.6) is 11.5 Å². The monoisotopic (exact) mass is 486 g/mol.